The van der Waals surface area contributed by atoms with Gasteiger partial charge in [-0.25, -0.2) is 0 Å². The first-order valence-electron chi connectivity index (χ1n) is 8.04. The second kappa shape index (κ2) is 5.76. The predicted octanol–water partition coefficient (Wildman–Crippen LogP) is 5.29. The fourth-order valence-corrected chi connectivity index (χ4v) is 3.26. The van der Waals surface area contributed by atoms with Gasteiger partial charge in [-0.05, 0) is 48.4 Å². The van der Waals surface area contributed by atoms with E-state index in [9.17, 15) is 0 Å². The Hall–Kier alpha value is -2.41. The molecule has 0 fully saturated rings. The minimum atomic E-state index is 1.03. The van der Waals surface area contributed by atoms with Gasteiger partial charge in [-0.3, -0.25) is 4.98 Å². The zero-order valence-corrected chi connectivity index (χ0v) is 12.6. The molecule has 0 aliphatic heterocycles. The van der Waals surface area contributed by atoms with Crippen LogP contribution in [0.1, 0.15) is 24.0 Å². The number of rotatable bonds is 2. The number of pyridine rings is 1. The standard InChI is InChI=1S/C21H19N/c1-2-7-17(8-3-1)21-13-12-20(15-22-21)19-11-10-16-6-4-5-9-18(16)14-19/h1-3,7-8,10-15H,4-6,9H2. The number of aryl methyl sites for hydroxylation is 2. The quantitative estimate of drug-likeness (QED) is 0.623. The van der Waals surface area contributed by atoms with Crippen molar-refractivity contribution in [1.29, 1.82) is 0 Å². The van der Waals surface area contributed by atoms with Crippen LogP contribution in [0.15, 0.2) is 66.9 Å². The van der Waals surface area contributed by atoms with Gasteiger partial charge in [0.25, 0.3) is 0 Å². The number of aromatic nitrogens is 1. The Morgan fingerprint density at radius 2 is 1.41 bits per heavy atom. The van der Waals surface area contributed by atoms with E-state index in [-0.39, 0.29) is 0 Å². The molecular formula is C21H19N. The molecular weight excluding hydrogens is 266 g/mol. The lowest BCUT2D eigenvalue weighted by Gasteiger charge is -2.16. The molecule has 0 amide bonds. The molecule has 0 atom stereocenters. The molecule has 0 unspecified atom stereocenters. The van der Waals surface area contributed by atoms with Crippen LogP contribution in [0.3, 0.4) is 0 Å². The van der Waals surface area contributed by atoms with Crippen LogP contribution in [0.4, 0.5) is 0 Å². The Kier molecular flexibility index (Phi) is 3.48. The van der Waals surface area contributed by atoms with E-state index in [4.69, 9.17) is 0 Å². The summed E-state index contributed by atoms with van der Waals surface area (Å²) in [5.74, 6) is 0. The molecule has 0 saturated carbocycles. The molecule has 1 heteroatoms. The molecule has 0 saturated heterocycles. The Labute approximate surface area is 131 Å². The van der Waals surface area contributed by atoms with E-state index in [1.807, 2.05) is 12.3 Å². The summed E-state index contributed by atoms with van der Waals surface area (Å²) in [6.45, 7) is 0. The van der Waals surface area contributed by atoms with Crippen molar-refractivity contribution in [2.75, 3.05) is 0 Å². The summed E-state index contributed by atoms with van der Waals surface area (Å²) in [4.78, 5) is 4.64. The van der Waals surface area contributed by atoms with E-state index in [0.29, 0.717) is 0 Å². The molecule has 22 heavy (non-hydrogen) atoms. The molecule has 0 spiro atoms. The highest BCUT2D eigenvalue weighted by Gasteiger charge is 2.10. The van der Waals surface area contributed by atoms with Crippen molar-refractivity contribution < 1.29 is 0 Å². The van der Waals surface area contributed by atoms with Crippen LogP contribution in [0.2, 0.25) is 0 Å². The number of nitrogens with zero attached hydrogens (tertiary/aromatic N) is 1. The van der Waals surface area contributed by atoms with Gasteiger partial charge in [0.05, 0.1) is 5.69 Å². The predicted molar refractivity (Wildman–Crippen MR) is 91.8 cm³/mol. The van der Waals surface area contributed by atoms with E-state index in [0.717, 1.165) is 5.69 Å². The number of hydrogen-bond donors (Lipinski definition) is 0. The van der Waals surface area contributed by atoms with E-state index in [1.165, 1.54) is 53.5 Å². The monoisotopic (exact) mass is 285 g/mol. The first-order chi connectivity index (χ1) is 10.9. The fraction of sp³-hybridized carbons (Fsp3) is 0.190. The molecule has 1 aliphatic carbocycles. The zero-order chi connectivity index (χ0) is 14.8. The molecule has 2 aromatic carbocycles. The van der Waals surface area contributed by atoms with Crippen molar-refractivity contribution >= 4 is 0 Å². The lowest BCUT2D eigenvalue weighted by atomic mass is 9.89. The fourth-order valence-electron chi connectivity index (χ4n) is 3.26. The van der Waals surface area contributed by atoms with Crippen LogP contribution in [0.25, 0.3) is 22.4 Å². The van der Waals surface area contributed by atoms with Crippen molar-refractivity contribution in [3.63, 3.8) is 0 Å². The molecule has 0 N–H and O–H groups in total. The summed E-state index contributed by atoms with van der Waals surface area (Å²) in [6.07, 6.45) is 7.10. The highest BCUT2D eigenvalue weighted by atomic mass is 14.7. The highest BCUT2D eigenvalue weighted by molar-refractivity contribution is 5.67. The number of hydrogen-bond acceptors (Lipinski definition) is 1. The first-order valence-corrected chi connectivity index (χ1v) is 8.04. The van der Waals surface area contributed by atoms with Crippen LogP contribution in [0, 0.1) is 0 Å². The molecule has 1 heterocycles. The van der Waals surface area contributed by atoms with Gasteiger partial charge >= 0.3 is 0 Å². The van der Waals surface area contributed by atoms with Crippen molar-refractivity contribution in [3.05, 3.63) is 78.0 Å². The van der Waals surface area contributed by atoms with Gasteiger partial charge in [0, 0.05) is 17.3 Å². The third-order valence-electron chi connectivity index (χ3n) is 4.51. The maximum Gasteiger partial charge on any atom is 0.0702 e. The van der Waals surface area contributed by atoms with Gasteiger partial charge in [0.1, 0.15) is 0 Å². The van der Waals surface area contributed by atoms with E-state index in [2.05, 4.69) is 59.6 Å². The summed E-state index contributed by atoms with van der Waals surface area (Å²) in [5.41, 5.74) is 7.74. The van der Waals surface area contributed by atoms with Crippen molar-refractivity contribution in [1.82, 2.24) is 4.98 Å². The molecule has 108 valence electrons. The average Bonchev–Trinajstić information content (AvgIpc) is 2.62. The molecule has 4 rings (SSSR count). The van der Waals surface area contributed by atoms with E-state index < -0.39 is 0 Å². The van der Waals surface area contributed by atoms with Gasteiger partial charge in [0.15, 0.2) is 0 Å². The summed E-state index contributed by atoms with van der Waals surface area (Å²) >= 11 is 0. The molecule has 3 aromatic rings. The SMILES string of the molecule is c1ccc(-c2ccc(-c3ccc4c(c3)CCCC4)cn2)cc1. The van der Waals surface area contributed by atoms with Crippen molar-refractivity contribution in [3.8, 4) is 22.4 Å². The minimum absolute atomic E-state index is 1.03. The zero-order valence-electron chi connectivity index (χ0n) is 12.6. The Bertz CT molecular complexity index is 773. The van der Waals surface area contributed by atoms with Gasteiger partial charge in [-0.1, -0.05) is 54.6 Å². The largest absolute Gasteiger partial charge is 0.256 e. The summed E-state index contributed by atoms with van der Waals surface area (Å²) in [5, 5.41) is 0. The highest BCUT2D eigenvalue weighted by Crippen LogP contribution is 2.28. The summed E-state index contributed by atoms with van der Waals surface area (Å²) in [7, 11) is 0. The number of fused-ring (bicyclic) bond motifs is 1. The lowest BCUT2D eigenvalue weighted by Crippen LogP contribution is -2.02. The molecule has 1 aliphatic rings. The van der Waals surface area contributed by atoms with Gasteiger partial charge in [-0.15, -0.1) is 0 Å². The molecule has 1 nitrogen and oxygen atoms in total. The van der Waals surface area contributed by atoms with Gasteiger partial charge < -0.3 is 0 Å². The maximum atomic E-state index is 4.64. The smallest absolute Gasteiger partial charge is 0.0702 e. The van der Waals surface area contributed by atoms with E-state index in [1.54, 1.807) is 0 Å². The molecule has 0 radical (unpaired) electrons. The summed E-state index contributed by atoms with van der Waals surface area (Å²) < 4.78 is 0. The topological polar surface area (TPSA) is 12.9 Å². The Balaban J connectivity index is 1.66. The van der Waals surface area contributed by atoms with Crippen molar-refractivity contribution in [2.45, 2.75) is 25.7 Å². The normalized spacial score (nSPS) is 13.6. The average molecular weight is 285 g/mol. The third-order valence-corrected chi connectivity index (χ3v) is 4.51. The third kappa shape index (κ3) is 2.55. The van der Waals surface area contributed by atoms with Crippen LogP contribution < -0.4 is 0 Å². The maximum absolute atomic E-state index is 4.64. The second-order valence-corrected chi connectivity index (χ2v) is 5.99. The van der Waals surface area contributed by atoms with Crippen LogP contribution in [-0.2, 0) is 12.8 Å². The number of benzene rings is 2. The summed E-state index contributed by atoms with van der Waals surface area (Å²) in [6, 6.07) is 21.5. The first kappa shape index (κ1) is 13.3. The van der Waals surface area contributed by atoms with Crippen LogP contribution in [-0.4, -0.2) is 4.98 Å². The minimum Gasteiger partial charge on any atom is -0.256 e. The van der Waals surface area contributed by atoms with Crippen molar-refractivity contribution in [2.24, 2.45) is 0 Å². The Morgan fingerprint density at radius 3 is 2.18 bits per heavy atom. The van der Waals surface area contributed by atoms with Gasteiger partial charge in [0.2, 0.25) is 0 Å². The van der Waals surface area contributed by atoms with Crippen LogP contribution in [0.5, 0.6) is 0 Å². The van der Waals surface area contributed by atoms with Gasteiger partial charge in [-0.2, -0.15) is 0 Å². The second-order valence-electron chi connectivity index (χ2n) is 5.99. The molecule has 0 bridgehead atoms. The van der Waals surface area contributed by atoms with Crippen LogP contribution >= 0.6 is 0 Å². The lowest BCUT2D eigenvalue weighted by molar-refractivity contribution is 0.686. The molecule has 1 aromatic heterocycles. The Morgan fingerprint density at radius 1 is 0.636 bits per heavy atom. The van der Waals surface area contributed by atoms with E-state index >= 15 is 0 Å².